The van der Waals surface area contributed by atoms with Gasteiger partial charge in [0, 0.05) is 11.8 Å². The summed E-state index contributed by atoms with van der Waals surface area (Å²) >= 11 is 1.42. The van der Waals surface area contributed by atoms with E-state index in [1.165, 1.54) is 21.9 Å². The second kappa shape index (κ2) is 7.76. The molecule has 0 saturated heterocycles. The molecule has 26 heavy (non-hydrogen) atoms. The summed E-state index contributed by atoms with van der Waals surface area (Å²) in [6, 6.07) is 9.17. The fourth-order valence-electron chi connectivity index (χ4n) is 2.62. The number of nitrogens with zero attached hydrogens (tertiary/aromatic N) is 3. The third-order valence-corrected chi connectivity index (χ3v) is 4.98. The van der Waals surface area contributed by atoms with Crippen molar-refractivity contribution in [1.29, 1.82) is 0 Å². The molecule has 2 heterocycles. The zero-order chi connectivity index (χ0) is 18.7. The van der Waals surface area contributed by atoms with E-state index in [-0.39, 0.29) is 18.0 Å². The molecule has 0 aliphatic carbocycles. The van der Waals surface area contributed by atoms with E-state index in [1.54, 1.807) is 0 Å². The fourth-order valence-corrected chi connectivity index (χ4v) is 3.47. The first kappa shape index (κ1) is 18.2. The standard InChI is InChI=1S/C18H21N5O2S/c1-4-16-21-23-17(25)9-14(20-18(23)26-16)10-22(3)11-15(24)19-13-7-5-12(2)6-8-13/h5-9H,4,10-11H2,1-3H3,(H,19,24)/p+1. The van der Waals surface area contributed by atoms with E-state index in [4.69, 9.17) is 0 Å². The lowest BCUT2D eigenvalue weighted by Crippen LogP contribution is -3.08. The van der Waals surface area contributed by atoms with E-state index in [0.29, 0.717) is 17.2 Å². The van der Waals surface area contributed by atoms with Crippen molar-refractivity contribution in [3.05, 3.63) is 57.0 Å². The average molecular weight is 372 g/mol. The molecule has 1 amide bonds. The Labute approximate surface area is 155 Å². The van der Waals surface area contributed by atoms with E-state index in [9.17, 15) is 9.59 Å². The molecule has 0 bridgehead atoms. The molecule has 0 saturated carbocycles. The number of rotatable bonds is 6. The van der Waals surface area contributed by atoms with Crippen molar-refractivity contribution in [2.75, 3.05) is 18.9 Å². The van der Waals surface area contributed by atoms with Gasteiger partial charge in [0.2, 0.25) is 4.96 Å². The number of likely N-dealkylation sites (N-methyl/N-ethyl adjacent to an activating group) is 1. The van der Waals surface area contributed by atoms with Crippen molar-refractivity contribution in [2.45, 2.75) is 26.8 Å². The quantitative estimate of drug-likeness (QED) is 0.667. The summed E-state index contributed by atoms with van der Waals surface area (Å²) in [5.41, 5.74) is 2.41. The second-order valence-electron chi connectivity index (χ2n) is 6.35. The lowest BCUT2D eigenvalue weighted by molar-refractivity contribution is -0.885. The van der Waals surface area contributed by atoms with Crippen LogP contribution in [0.4, 0.5) is 5.69 Å². The summed E-state index contributed by atoms with van der Waals surface area (Å²) in [6.45, 7) is 4.78. The van der Waals surface area contributed by atoms with Gasteiger partial charge >= 0.3 is 0 Å². The lowest BCUT2D eigenvalue weighted by atomic mass is 10.2. The van der Waals surface area contributed by atoms with Gasteiger partial charge in [-0.1, -0.05) is 36.0 Å². The zero-order valence-corrected chi connectivity index (χ0v) is 15.9. The highest BCUT2D eigenvalue weighted by molar-refractivity contribution is 7.16. The molecule has 3 aromatic rings. The fraction of sp³-hybridized carbons (Fsp3) is 0.333. The number of carbonyl (C=O) groups is 1. The monoisotopic (exact) mass is 372 g/mol. The molecule has 0 aliphatic rings. The van der Waals surface area contributed by atoms with Crippen LogP contribution in [0.2, 0.25) is 0 Å². The van der Waals surface area contributed by atoms with Crippen LogP contribution in [0.5, 0.6) is 0 Å². The number of hydrogen-bond donors (Lipinski definition) is 2. The Balaban J connectivity index is 1.64. The van der Waals surface area contributed by atoms with Crippen LogP contribution in [-0.4, -0.2) is 34.1 Å². The molecule has 2 N–H and O–H groups in total. The number of anilines is 1. The molecular formula is C18H22N5O2S+. The SMILES string of the molecule is CCc1nn2c(=O)cc(C[NH+](C)CC(=O)Nc3ccc(C)cc3)nc2s1. The minimum atomic E-state index is -0.183. The molecular weight excluding hydrogens is 350 g/mol. The van der Waals surface area contributed by atoms with Gasteiger partial charge in [0.15, 0.2) is 6.54 Å². The minimum Gasteiger partial charge on any atom is -0.325 e. The lowest BCUT2D eigenvalue weighted by Gasteiger charge is -2.13. The van der Waals surface area contributed by atoms with Gasteiger partial charge in [-0.2, -0.15) is 9.61 Å². The molecule has 0 spiro atoms. The Morgan fingerprint density at radius 2 is 2.04 bits per heavy atom. The maximum Gasteiger partial charge on any atom is 0.279 e. The molecule has 7 nitrogen and oxygen atoms in total. The molecule has 8 heteroatoms. The third kappa shape index (κ3) is 4.33. The number of hydrogen-bond acceptors (Lipinski definition) is 5. The smallest absolute Gasteiger partial charge is 0.279 e. The highest BCUT2D eigenvalue weighted by Gasteiger charge is 2.14. The van der Waals surface area contributed by atoms with Crippen LogP contribution in [0.3, 0.4) is 0 Å². The number of carbonyl (C=O) groups excluding carboxylic acids is 1. The van der Waals surface area contributed by atoms with Crippen molar-refractivity contribution in [1.82, 2.24) is 14.6 Å². The highest BCUT2D eigenvalue weighted by Crippen LogP contribution is 2.11. The first-order valence-corrected chi connectivity index (χ1v) is 9.32. The molecule has 2 aromatic heterocycles. The van der Waals surface area contributed by atoms with Gasteiger partial charge in [-0.3, -0.25) is 9.59 Å². The zero-order valence-electron chi connectivity index (χ0n) is 15.1. The predicted octanol–water partition coefficient (Wildman–Crippen LogP) is 0.675. The van der Waals surface area contributed by atoms with Gasteiger partial charge in [-0.15, -0.1) is 0 Å². The molecule has 1 unspecified atom stereocenters. The number of aryl methyl sites for hydroxylation is 2. The topological polar surface area (TPSA) is 80.8 Å². The van der Waals surface area contributed by atoms with Gasteiger partial charge in [-0.05, 0) is 25.5 Å². The maximum atomic E-state index is 12.2. The van der Waals surface area contributed by atoms with E-state index < -0.39 is 0 Å². The van der Waals surface area contributed by atoms with Gasteiger partial charge in [0.05, 0.1) is 7.05 Å². The Kier molecular flexibility index (Phi) is 5.43. The highest BCUT2D eigenvalue weighted by atomic mass is 32.1. The summed E-state index contributed by atoms with van der Waals surface area (Å²) < 4.78 is 1.34. The van der Waals surface area contributed by atoms with E-state index in [0.717, 1.165) is 27.6 Å². The summed E-state index contributed by atoms with van der Waals surface area (Å²) in [6.07, 6.45) is 0.771. The van der Waals surface area contributed by atoms with Crippen molar-refractivity contribution in [3.63, 3.8) is 0 Å². The molecule has 1 aromatic carbocycles. The number of nitrogens with one attached hydrogen (secondary N) is 2. The number of amides is 1. The Morgan fingerprint density at radius 3 is 2.73 bits per heavy atom. The number of quaternary nitrogens is 1. The van der Waals surface area contributed by atoms with E-state index in [2.05, 4.69) is 15.4 Å². The van der Waals surface area contributed by atoms with Crippen LogP contribution in [-0.2, 0) is 17.8 Å². The predicted molar refractivity (Wildman–Crippen MR) is 102 cm³/mol. The van der Waals surface area contributed by atoms with Crippen molar-refractivity contribution in [3.8, 4) is 0 Å². The van der Waals surface area contributed by atoms with Crippen molar-refractivity contribution < 1.29 is 9.69 Å². The Morgan fingerprint density at radius 1 is 1.31 bits per heavy atom. The summed E-state index contributed by atoms with van der Waals surface area (Å²) in [4.78, 5) is 30.4. The van der Waals surface area contributed by atoms with Crippen molar-refractivity contribution >= 4 is 27.9 Å². The largest absolute Gasteiger partial charge is 0.325 e. The summed E-state index contributed by atoms with van der Waals surface area (Å²) in [5, 5.41) is 8.01. The minimum absolute atomic E-state index is 0.0739. The molecule has 0 fully saturated rings. The van der Waals surface area contributed by atoms with Crippen LogP contribution in [0, 0.1) is 6.92 Å². The van der Waals surface area contributed by atoms with Crippen LogP contribution < -0.4 is 15.8 Å². The van der Waals surface area contributed by atoms with Crippen LogP contribution >= 0.6 is 11.3 Å². The van der Waals surface area contributed by atoms with Gasteiger partial charge < -0.3 is 10.2 Å². The Hall–Kier alpha value is -2.58. The molecule has 1 atom stereocenters. The van der Waals surface area contributed by atoms with E-state index in [1.807, 2.05) is 45.2 Å². The molecule has 0 aliphatic heterocycles. The summed E-state index contributed by atoms with van der Waals surface area (Å²) in [5.74, 6) is -0.0739. The Bertz CT molecular complexity index is 977. The molecule has 136 valence electrons. The van der Waals surface area contributed by atoms with Crippen LogP contribution in [0.25, 0.3) is 4.96 Å². The number of fused-ring (bicyclic) bond motifs is 1. The molecule has 0 radical (unpaired) electrons. The van der Waals surface area contributed by atoms with Crippen molar-refractivity contribution in [2.24, 2.45) is 0 Å². The first-order valence-electron chi connectivity index (χ1n) is 8.51. The normalized spacial score (nSPS) is 12.3. The second-order valence-corrected chi connectivity index (χ2v) is 7.39. The third-order valence-electron chi connectivity index (χ3n) is 3.92. The van der Waals surface area contributed by atoms with E-state index >= 15 is 0 Å². The molecule has 3 rings (SSSR count). The average Bonchev–Trinajstić information content (AvgIpc) is 3.00. The number of aromatic nitrogens is 3. The van der Waals surface area contributed by atoms with Crippen LogP contribution in [0.1, 0.15) is 23.2 Å². The maximum absolute atomic E-state index is 12.2. The first-order chi connectivity index (χ1) is 12.4. The van der Waals surface area contributed by atoms with Gasteiger partial charge in [0.1, 0.15) is 17.2 Å². The van der Waals surface area contributed by atoms with Crippen LogP contribution in [0.15, 0.2) is 35.1 Å². The number of benzene rings is 1. The van der Waals surface area contributed by atoms with Gasteiger partial charge in [-0.25, -0.2) is 4.98 Å². The van der Waals surface area contributed by atoms with Gasteiger partial charge in [0.25, 0.3) is 11.5 Å². The summed E-state index contributed by atoms with van der Waals surface area (Å²) in [7, 11) is 1.91.